The third-order valence-electron chi connectivity index (χ3n) is 4.16. The molecule has 1 aromatic heterocycles. The van der Waals surface area contributed by atoms with Gasteiger partial charge < -0.3 is 16.4 Å². The smallest absolute Gasteiger partial charge is 0.250 e. The molecule has 3 aromatic rings. The molecule has 1 unspecified atom stereocenters. The van der Waals surface area contributed by atoms with E-state index in [-0.39, 0.29) is 5.56 Å². The molecule has 0 radical (unpaired) electrons. The summed E-state index contributed by atoms with van der Waals surface area (Å²) in [7, 11) is 1.73. The lowest BCUT2D eigenvalue weighted by molar-refractivity contribution is 0.100. The Hall–Kier alpha value is -3.13. The molecule has 1 atom stereocenters. The van der Waals surface area contributed by atoms with Crippen molar-refractivity contribution in [1.82, 2.24) is 15.3 Å². The van der Waals surface area contributed by atoms with Gasteiger partial charge in [-0.3, -0.25) is 4.79 Å². The Kier molecular flexibility index (Phi) is 5.27. The normalized spacial score (nSPS) is 12.1. The molecule has 0 aliphatic carbocycles. The first kappa shape index (κ1) is 18.7. The van der Waals surface area contributed by atoms with Gasteiger partial charge in [-0.05, 0) is 32.2 Å². The first-order chi connectivity index (χ1) is 12.9. The molecule has 0 fully saturated rings. The fourth-order valence-corrected chi connectivity index (χ4v) is 2.96. The number of hydrogen-bond donors (Lipinski definition) is 3. The van der Waals surface area contributed by atoms with Crippen LogP contribution in [0.5, 0.6) is 0 Å². The summed E-state index contributed by atoms with van der Waals surface area (Å²) < 4.78 is 27.6. The lowest BCUT2D eigenvalue weighted by atomic mass is 10.0. The second kappa shape index (κ2) is 7.63. The highest BCUT2D eigenvalue weighted by Gasteiger charge is 2.19. The Morgan fingerprint density at radius 3 is 2.67 bits per heavy atom. The number of nitrogens with one attached hydrogen (secondary N) is 2. The maximum atomic E-state index is 14.3. The number of nitrogens with zero attached hydrogens (tertiary/aromatic N) is 2. The summed E-state index contributed by atoms with van der Waals surface area (Å²) in [5, 5.41) is 6.74. The predicted octanol–water partition coefficient (Wildman–Crippen LogP) is 2.69. The van der Waals surface area contributed by atoms with Gasteiger partial charge in [-0.15, -0.1) is 0 Å². The van der Waals surface area contributed by atoms with Crippen LogP contribution < -0.4 is 16.4 Å². The van der Waals surface area contributed by atoms with E-state index in [9.17, 15) is 13.6 Å². The molecule has 4 N–H and O–H groups in total. The SMILES string of the molecule is CNCC(Nc1nc(C)nc2c(C(N)=O)cccc12)c1ccc(F)cc1F. The molecule has 2 aromatic carbocycles. The van der Waals surface area contributed by atoms with Gasteiger partial charge in [0.15, 0.2) is 0 Å². The van der Waals surface area contributed by atoms with Crippen LogP contribution in [0, 0.1) is 18.6 Å². The van der Waals surface area contributed by atoms with E-state index in [2.05, 4.69) is 20.6 Å². The van der Waals surface area contributed by atoms with Crippen LogP contribution in [0.15, 0.2) is 36.4 Å². The fourth-order valence-electron chi connectivity index (χ4n) is 2.96. The molecule has 0 spiro atoms. The first-order valence-electron chi connectivity index (χ1n) is 8.34. The molecule has 1 heterocycles. The van der Waals surface area contributed by atoms with Crippen LogP contribution in [0.25, 0.3) is 10.9 Å². The maximum Gasteiger partial charge on any atom is 0.250 e. The minimum Gasteiger partial charge on any atom is -0.366 e. The van der Waals surface area contributed by atoms with Gasteiger partial charge in [-0.2, -0.15) is 0 Å². The van der Waals surface area contributed by atoms with Gasteiger partial charge in [-0.1, -0.05) is 12.1 Å². The van der Waals surface area contributed by atoms with Crippen LogP contribution in [0.2, 0.25) is 0 Å². The number of nitrogens with two attached hydrogens (primary N) is 1. The standard InChI is InChI=1S/C19H19F2N5O/c1-10-24-17-13(18(22)27)4-3-5-14(17)19(25-10)26-16(9-23-2)12-7-6-11(20)8-15(12)21/h3-8,16,23H,9H2,1-2H3,(H2,22,27)(H,24,25,26). The average Bonchev–Trinajstić information content (AvgIpc) is 2.60. The average molecular weight is 371 g/mol. The molecule has 8 heteroatoms. The summed E-state index contributed by atoms with van der Waals surface area (Å²) in [4.78, 5) is 20.4. The lowest BCUT2D eigenvalue weighted by Gasteiger charge is -2.21. The minimum atomic E-state index is -0.657. The van der Waals surface area contributed by atoms with Crippen molar-refractivity contribution in [2.45, 2.75) is 13.0 Å². The quantitative estimate of drug-likeness (QED) is 0.620. The van der Waals surface area contributed by atoms with Crippen LogP contribution in [-0.4, -0.2) is 29.5 Å². The second-order valence-corrected chi connectivity index (χ2v) is 6.11. The second-order valence-electron chi connectivity index (χ2n) is 6.11. The van der Waals surface area contributed by atoms with Gasteiger partial charge in [0.2, 0.25) is 0 Å². The number of halogens is 2. The van der Waals surface area contributed by atoms with Crippen LogP contribution in [0.1, 0.15) is 27.8 Å². The summed E-state index contributed by atoms with van der Waals surface area (Å²) in [6.45, 7) is 2.05. The topological polar surface area (TPSA) is 92.9 Å². The third kappa shape index (κ3) is 3.85. The largest absolute Gasteiger partial charge is 0.366 e. The maximum absolute atomic E-state index is 14.3. The van der Waals surface area contributed by atoms with Crippen molar-refractivity contribution in [3.8, 4) is 0 Å². The number of para-hydroxylation sites is 1. The van der Waals surface area contributed by atoms with Crippen molar-refractivity contribution in [3.63, 3.8) is 0 Å². The van der Waals surface area contributed by atoms with E-state index in [4.69, 9.17) is 5.73 Å². The summed E-state index contributed by atoms with van der Waals surface area (Å²) in [5.74, 6) is -1.03. The number of aryl methyl sites for hydroxylation is 1. The van der Waals surface area contributed by atoms with Crippen LogP contribution in [0.4, 0.5) is 14.6 Å². The Balaban J connectivity index is 2.10. The molecular formula is C19H19F2N5O. The van der Waals surface area contributed by atoms with Crippen LogP contribution >= 0.6 is 0 Å². The number of benzene rings is 2. The monoisotopic (exact) mass is 371 g/mol. The molecule has 0 aliphatic rings. The number of amides is 1. The molecule has 0 saturated carbocycles. The molecule has 1 amide bonds. The highest BCUT2D eigenvalue weighted by molar-refractivity contribution is 6.07. The first-order valence-corrected chi connectivity index (χ1v) is 8.34. The molecule has 0 aliphatic heterocycles. The number of carbonyl (C=O) groups is 1. The van der Waals surface area contributed by atoms with Gasteiger partial charge >= 0.3 is 0 Å². The Bertz CT molecular complexity index is 1010. The van der Waals surface area contributed by atoms with Crippen molar-refractivity contribution in [2.24, 2.45) is 5.73 Å². The van der Waals surface area contributed by atoms with E-state index < -0.39 is 23.6 Å². The number of aromatic nitrogens is 2. The van der Waals surface area contributed by atoms with Crippen LogP contribution in [-0.2, 0) is 0 Å². The summed E-state index contributed by atoms with van der Waals surface area (Å²) in [6.07, 6.45) is 0. The highest BCUT2D eigenvalue weighted by atomic mass is 19.1. The molecule has 6 nitrogen and oxygen atoms in total. The van der Waals surface area contributed by atoms with E-state index in [0.29, 0.717) is 34.7 Å². The Labute approximate surface area is 154 Å². The zero-order chi connectivity index (χ0) is 19.6. The van der Waals surface area contributed by atoms with E-state index in [1.165, 1.54) is 12.1 Å². The molecule has 0 bridgehead atoms. The number of anilines is 1. The van der Waals surface area contributed by atoms with Gasteiger partial charge in [0, 0.05) is 23.6 Å². The Morgan fingerprint density at radius 2 is 2.00 bits per heavy atom. The number of likely N-dealkylation sites (N-methyl/N-ethyl adjacent to an activating group) is 1. The van der Waals surface area contributed by atoms with Gasteiger partial charge in [0.25, 0.3) is 5.91 Å². The Morgan fingerprint density at radius 1 is 1.22 bits per heavy atom. The third-order valence-corrected chi connectivity index (χ3v) is 4.16. The molecule has 3 rings (SSSR count). The van der Waals surface area contributed by atoms with E-state index in [1.807, 2.05) is 0 Å². The molecular weight excluding hydrogens is 352 g/mol. The van der Waals surface area contributed by atoms with Crippen molar-refractivity contribution in [1.29, 1.82) is 0 Å². The van der Waals surface area contributed by atoms with Crippen molar-refractivity contribution in [3.05, 3.63) is 65.0 Å². The van der Waals surface area contributed by atoms with Gasteiger partial charge in [0.1, 0.15) is 23.3 Å². The zero-order valence-corrected chi connectivity index (χ0v) is 14.9. The number of hydrogen-bond acceptors (Lipinski definition) is 5. The summed E-state index contributed by atoms with van der Waals surface area (Å²) in [6, 6.07) is 7.94. The van der Waals surface area contributed by atoms with E-state index >= 15 is 0 Å². The van der Waals surface area contributed by atoms with Gasteiger partial charge in [-0.25, -0.2) is 18.7 Å². The highest BCUT2D eigenvalue weighted by Crippen LogP contribution is 2.28. The van der Waals surface area contributed by atoms with E-state index in [0.717, 1.165) is 6.07 Å². The predicted molar refractivity (Wildman–Crippen MR) is 99.4 cm³/mol. The van der Waals surface area contributed by atoms with Crippen molar-refractivity contribution >= 4 is 22.6 Å². The zero-order valence-electron chi connectivity index (χ0n) is 14.9. The summed E-state index contributed by atoms with van der Waals surface area (Å²) in [5.41, 5.74) is 6.43. The lowest BCUT2D eigenvalue weighted by Crippen LogP contribution is -2.25. The number of fused-ring (bicyclic) bond motifs is 1. The molecule has 27 heavy (non-hydrogen) atoms. The molecule has 0 saturated heterocycles. The molecule has 140 valence electrons. The minimum absolute atomic E-state index is 0.277. The van der Waals surface area contributed by atoms with E-state index in [1.54, 1.807) is 32.2 Å². The van der Waals surface area contributed by atoms with Crippen molar-refractivity contribution < 1.29 is 13.6 Å². The fraction of sp³-hybridized carbons (Fsp3) is 0.211. The summed E-state index contributed by atoms with van der Waals surface area (Å²) >= 11 is 0. The van der Waals surface area contributed by atoms with Crippen molar-refractivity contribution in [2.75, 3.05) is 18.9 Å². The van der Waals surface area contributed by atoms with Crippen LogP contribution in [0.3, 0.4) is 0 Å². The number of carbonyl (C=O) groups excluding carboxylic acids is 1. The number of rotatable bonds is 6. The van der Waals surface area contributed by atoms with Gasteiger partial charge in [0.05, 0.1) is 17.1 Å². The number of primary amides is 1.